The zero-order chi connectivity index (χ0) is 11.3. The first-order valence-corrected chi connectivity index (χ1v) is 4.76. The van der Waals surface area contributed by atoms with Crippen molar-refractivity contribution < 1.29 is 10.2 Å². The van der Waals surface area contributed by atoms with Gasteiger partial charge in [-0.15, -0.1) is 0 Å². The minimum atomic E-state index is -0.00338. The predicted octanol–water partition coefficient (Wildman–Crippen LogP) is 1.66. The molecular formula is C11H14N2O2. The molecule has 15 heavy (non-hydrogen) atoms. The molecule has 4 nitrogen and oxygen atoms in total. The maximum Gasteiger partial charge on any atom is 0.119 e. The summed E-state index contributed by atoms with van der Waals surface area (Å²) in [5.74, 6) is 0.0814. The van der Waals surface area contributed by atoms with Crippen LogP contribution >= 0.6 is 0 Å². The van der Waals surface area contributed by atoms with E-state index in [-0.39, 0.29) is 17.5 Å². The van der Waals surface area contributed by atoms with E-state index < -0.39 is 0 Å². The second-order valence-corrected chi connectivity index (χ2v) is 3.37. The highest BCUT2D eigenvalue weighted by Crippen LogP contribution is 2.24. The molecule has 4 heteroatoms. The van der Waals surface area contributed by atoms with Crippen molar-refractivity contribution in [3.05, 3.63) is 23.8 Å². The molecule has 1 unspecified atom stereocenters. The van der Waals surface area contributed by atoms with Gasteiger partial charge in [-0.2, -0.15) is 5.26 Å². The first-order chi connectivity index (χ1) is 7.13. The minimum Gasteiger partial charge on any atom is -0.508 e. The average Bonchev–Trinajstić information content (AvgIpc) is 2.16. The van der Waals surface area contributed by atoms with Gasteiger partial charge in [-0.25, -0.2) is 0 Å². The van der Waals surface area contributed by atoms with E-state index in [1.165, 1.54) is 6.07 Å². The van der Waals surface area contributed by atoms with E-state index in [4.69, 9.17) is 5.26 Å². The molecule has 0 amide bonds. The number of benzene rings is 1. The first-order valence-electron chi connectivity index (χ1n) is 4.76. The summed E-state index contributed by atoms with van der Waals surface area (Å²) in [6.45, 7) is 2.50. The number of aromatic hydroxyl groups is 2. The Morgan fingerprint density at radius 1 is 1.33 bits per heavy atom. The van der Waals surface area contributed by atoms with Crippen molar-refractivity contribution in [2.75, 3.05) is 6.54 Å². The Kier molecular flexibility index (Phi) is 3.95. The molecule has 0 aliphatic carbocycles. The lowest BCUT2D eigenvalue weighted by Crippen LogP contribution is -2.19. The maximum absolute atomic E-state index is 9.27. The van der Waals surface area contributed by atoms with Gasteiger partial charge in [0.25, 0.3) is 0 Å². The molecule has 0 fully saturated rings. The summed E-state index contributed by atoms with van der Waals surface area (Å²) in [7, 11) is 0. The van der Waals surface area contributed by atoms with Gasteiger partial charge >= 0.3 is 0 Å². The molecule has 0 spiro atoms. The SMILES string of the molecule is CC(NCCC#N)c1cc(O)cc(O)c1. The van der Waals surface area contributed by atoms with E-state index in [2.05, 4.69) is 5.32 Å². The summed E-state index contributed by atoms with van der Waals surface area (Å²) < 4.78 is 0. The van der Waals surface area contributed by atoms with Gasteiger partial charge in [0.1, 0.15) is 11.5 Å². The van der Waals surface area contributed by atoms with Crippen LogP contribution in [0.3, 0.4) is 0 Å². The number of nitrogens with one attached hydrogen (secondary N) is 1. The van der Waals surface area contributed by atoms with Crippen LogP contribution in [-0.4, -0.2) is 16.8 Å². The fraction of sp³-hybridized carbons (Fsp3) is 0.364. The van der Waals surface area contributed by atoms with Crippen LogP contribution in [0, 0.1) is 11.3 Å². The molecule has 1 atom stereocenters. The van der Waals surface area contributed by atoms with Gasteiger partial charge in [-0.1, -0.05) is 0 Å². The van der Waals surface area contributed by atoms with Gasteiger partial charge in [0, 0.05) is 25.1 Å². The molecule has 0 heterocycles. The van der Waals surface area contributed by atoms with E-state index in [0.29, 0.717) is 13.0 Å². The van der Waals surface area contributed by atoms with Crippen LogP contribution in [0.15, 0.2) is 18.2 Å². The van der Waals surface area contributed by atoms with Crippen molar-refractivity contribution in [3.63, 3.8) is 0 Å². The molecule has 0 saturated carbocycles. The van der Waals surface area contributed by atoms with E-state index in [1.54, 1.807) is 12.1 Å². The standard InChI is InChI=1S/C11H14N2O2/c1-8(13-4-2-3-12)9-5-10(14)7-11(15)6-9/h5-8,13-15H,2,4H2,1H3. The molecule has 80 valence electrons. The van der Waals surface area contributed by atoms with Crippen LogP contribution < -0.4 is 5.32 Å². The molecule has 1 aromatic rings. The molecule has 1 rings (SSSR count). The van der Waals surface area contributed by atoms with Gasteiger partial charge in [-0.05, 0) is 24.6 Å². The Morgan fingerprint density at radius 3 is 2.47 bits per heavy atom. The lowest BCUT2D eigenvalue weighted by molar-refractivity contribution is 0.446. The Labute approximate surface area is 88.8 Å². The maximum atomic E-state index is 9.27. The molecule has 0 bridgehead atoms. The minimum absolute atomic E-state index is 0.00338. The summed E-state index contributed by atoms with van der Waals surface area (Å²) in [4.78, 5) is 0. The molecule has 1 aromatic carbocycles. The number of hydrogen-bond donors (Lipinski definition) is 3. The van der Waals surface area contributed by atoms with Crippen LogP contribution in [0.4, 0.5) is 0 Å². The van der Waals surface area contributed by atoms with Crippen LogP contribution in [0.1, 0.15) is 24.9 Å². The third-order valence-corrected chi connectivity index (χ3v) is 2.11. The van der Waals surface area contributed by atoms with Crippen molar-refractivity contribution in [2.24, 2.45) is 0 Å². The Balaban J connectivity index is 2.65. The number of phenolic OH excluding ortho intramolecular Hbond substituents is 2. The molecule has 0 radical (unpaired) electrons. The Hall–Kier alpha value is -1.73. The number of phenols is 2. The van der Waals surface area contributed by atoms with Gasteiger partial charge in [0.2, 0.25) is 0 Å². The molecule has 0 aromatic heterocycles. The lowest BCUT2D eigenvalue weighted by atomic mass is 10.1. The second-order valence-electron chi connectivity index (χ2n) is 3.37. The van der Waals surface area contributed by atoms with Crippen molar-refractivity contribution in [2.45, 2.75) is 19.4 Å². The summed E-state index contributed by atoms with van der Waals surface area (Å²) in [5, 5.41) is 30.0. The number of rotatable bonds is 4. The number of nitriles is 1. The van der Waals surface area contributed by atoms with E-state index >= 15 is 0 Å². The Bertz CT molecular complexity index is 351. The Morgan fingerprint density at radius 2 is 1.93 bits per heavy atom. The van der Waals surface area contributed by atoms with Crippen LogP contribution in [-0.2, 0) is 0 Å². The normalized spacial score (nSPS) is 12.0. The lowest BCUT2D eigenvalue weighted by Gasteiger charge is -2.13. The quantitative estimate of drug-likeness (QED) is 0.655. The van der Waals surface area contributed by atoms with Gasteiger partial charge < -0.3 is 15.5 Å². The van der Waals surface area contributed by atoms with Crippen molar-refractivity contribution in [1.29, 1.82) is 5.26 Å². The highest BCUT2D eigenvalue weighted by Gasteiger charge is 2.06. The third kappa shape index (κ3) is 3.49. The van der Waals surface area contributed by atoms with E-state index in [1.807, 2.05) is 13.0 Å². The summed E-state index contributed by atoms with van der Waals surface area (Å²) >= 11 is 0. The fourth-order valence-electron chi connectivity index (χ4n) is 1.33. The van der Waals surface area contributed by atoms with Crippen molar-refractivity contribution >= 4 is 0 Å². The first kappa shape index (κ1) is 11.3. The smallest absolute Gasteiger partial charge is 0.119 e. The predicted molar refractivity (Wildman–Crippen MR) is 56.4 cm³/mol. The molecule has 0 saturated heterocycles. The molecule has 3 N–H and O–H groups in total. The second kappa shape index (κ2) is 5.23. The third-order valence-electron chi connectivity index (χ3n) is 2.11. The van der Waals surface area contributed by atoms with Gasteiger partial charge in [0.05, 0.1) is 6.07 Å². The molecular weight excluding hydrogens is 192 g/mol. The van der Waals surface area contributed by atoms with Gasteiger partial charge in [0.15, 0.2) is 0 Å². The van der Waals surface area contributed by atoms with Gasteiger partial charge in [-0.3, -0.25) is 0 Å². The van der Waals surface area contributed by atoms with E-state index in [9.17, 15) is 10.2 Å². The topological polar surface area (TPSA) is 76.3 Å². The number of hydrogen-bond acceptors (Lipinski definition) is 4. The van der Waals surface area contributed by atoms with Crippen LogP contribution in [0.25, 0.3) is 0 Å². The molecule has 0 aliphatic rings. The van der Waals surface area contributed by atoms with Crippen molar-refractivity contribution in [3.8, 4) is 17.6 Å². The highest BCUT2D eigenvalue weighted by atomic mass is 16.3. The van der Waals surface area contributed by atoms with Crippen LogP contribution in [0.5, 0.6) is 11.5 Å². The highest BCUT2D eigenvalue weighted by molar-refractivity contribution is 5.37. The fourth-order valence-corrected chi connectivity index (χ4v) is 1.33. The van der Waals surface area contributed by atoms with E-state index in [0.717, 1.165) is 5.56 Å². The summed E-state index contributed by atoms with van der Waals surface area (Å²) in [5.41, 5.74) is 0.797. The zero-order valence-corrected chi connectivity index (χ0v) is 8.57. The largest absolute Gasteiger partial charge is 0.508 e. The monoisotopic (exact) mass is 206 g/mol. The zero-order valence-electron chi connectivity index (χ0n) is 8.57. The summed E-state index contributed by atoms with van der Waals surface area (Å²) in [6.07, 6.45) is 0.440. The number of nitrogens with zero attached hydrogens (tertiary/aromatic N) is 1. The average molecular weight is 206 g/mol. The van der Waals surface area contributed by atoms with Crippen molar-refractivity contribution in [1.82, 2.24) is 5.32 Å². The summed E-state index contributed by atoms with van der Waals surface area (Å²) in [6, 6.07) is 6.49. The molecule has 0 aliphatic heterocycles. The van der Waals surface area contributed by atoms with Crippen LogP contribution in [0.2, 0.25) is 0 Å².